The van der Waals surface area contributed by atoms with Crippen LogP contribution in [0.1, 0.15) is 43.8 Å². The van der Waals surface area contributed by atoms with Crippen molar-refractivity contribution in [3.8, 4) is 28.4 Å². The molecule has 0 bridgehead atoms. The Labute approximate surface area is 244 Å². The third-order valence-corrected chi connectivity index (χ3v) is 8.74. The van der Waals surface area contributed by atoms with E-state index in [1.165, 1.54) is 6.42 Å². The van der Waals surface area contributed by atoms with E-state index in [9.17, 15) is 5.11 Å². The van der Waals surface area contributed by atoms with Crippen LogP contribution < -0.4 is 0 Å². The molecular weight excluding hydrogens is 541 g/mol. The molecule has 2 aromatic carbocycles. The van der Waals surface area contributed by atoms with E-state index in [-0.39, 0.29) is 0 Å². The molecule has 2 N–H and O–H groups in total. The Kier molecular flexibility index (Phi) is 8.10. The Morgan fingerprint density at radius 1 is 0.875 bits per heavy atom. The van der Waals surface area contributed by atoms with Gasteiger partial charge >= 0.3 is 0 Å². The molecule has 0 spiro atoms. The standard InChI is InChI=1S/C32H33Cl2N5O/c33-27-9-8-24(20-28(27)34)30-29(22-10-14-35-15-11-22)36-31(37-30)23-12-18-38(19-13-23)16-4-1-5-17-39-21-25-6-2-3-7-26(25)32(39)40/h2-3,6-11,14-15,20-21,23,40H,1,4-5,12-13,16-19H2,(H,36,37). The highest BCUT2D eigenvalue weighted by molar-refractivity contribution is 6.42. The minimum Gasteiger partial charge on any atom is -0.494 e. The van der Waals surface area contributed by atoms with Crippen molar-refractivity contribution in [1.82, 2.24) is 24.4 Å². The predicted octanol–water partition coefficient (Wildman–Crippen LogP) is 8.16. The SMILES string of the molecule is Oc1c2ccccc2cn1CCCCCN1CCC(c2nc(-c3ccc(Cl)c(Cl)c3)c(-c3ccncc3)[nH]2)CC1. The molecular formula is C32H33Cl2N5O. The van der Waals surface area contributed by atoms with Gasteiger partial charge in [0.25, 0.3) is 0 Å². The van der Waals surface area contributed by atoms with E-state index < -0.39 is 0 Å². The van der Waals surface area contributed by atoms with Gasteiger partial charge in [0, 0.05) is 53.0 Å². The lowest BCUT2D eigenvalue weighted by Gasteiger charge is -2.31. The molecule has 0 amide bonds. The van der Waals surface area contributed by atoms with E-state index in [1.807, 2.05) is 59.2 Å². The van der Waals surface area contributed by atoms with Gasteiger partial charge < -0.3 is 19.6 Å². The van der Waals surface area contributed by atoms with Gasteiger partial charge in [-0.3, -0.25) is 4.98 Å². The molecule has 0 saturated carbocycles. The zero-order valence-corrected chi connectivity index (χ0v) is 23.9. The molecule has 6 rings (SSSR count). The third-order valence-electron chi connectivity index (χ3n) is 8.00. The molecule has 1 fully saturated rings. The van der Waals surface area contributed by atoms with Crippen molar-refractivity contribution in [2.24, 2.45) is 0 Å². The summed E-state index contributed by atoms with van der Waals surface area (Å²) in [6.45, 7) is 4.10. The highest BCUT2D eigenvalue weighted by Gasteiger charge is 2.25. The number of nitrogens with zero attached hydrogens (tertiary/aromatic N) is 4. The number of aromatic hydroxyl groups is 1. The molecule has 0 atom stereocenters. The summed E-state index contributed by atoms with van der Waals surface area (Å²) >= 11 is 12.5. The molecule has 0 radical (unpaired) electrons. The highest BCUT2D eigenvalue weighted by Crippen LogP contribution is 2.37. The largest absolute Gasteiger partial charge is 0.494 e. The average Bonchev–Trinajstić information content (AvgIpc) is 3.57. The summed E-state index contributed by atoms with van der Waals surface area (Å²) in [5.41, 5.74) is 3.87. The Hall–Kier alpha value is -3.32. The van der Waals surface area contributed by atoms with Gasteiger partial charge in [-0.2, -0.15) is 0 Å². The number of likely N-dealkylation sites (tertiary alicyclic amines) is 1. The summed E-state index contributed by atoms with van der Waals surface area (Å²) in [5.74, 6) is 1.80. The number of aryl methyl sites for hydroxylation is 1. The molecule has 6 nitrogen and oxygen atoms in total. The smallest absolute Gasteiger partial charge is 0.199 e. The summed E-state index contributed by atoms with van der Waals surface area (Å²) in [7, 11) is 0. The number of halogens is 2. The topological polar surface area (TPSA) is 70.0 Å². The van der Waals surface area contributed by atoms with Crippen LogP contribution in [-0.4, -0.2) is 49.2 Å². The second-order valence-electron chi connectivity index (χ2n) is 10.6. The van der Waals surface area contributed by atoms with Gasteiger partial charge in [0.1, 0.15) is 5.82 Å². The number of aromatic nitrogens is 4. The van der Waals surface area contributed by atoms with Crippen LogP contribution in [0.5, 0.6) is 5.88 Å². The molecule has 1 saturated heterocycles. The second kappa shape index (κ2) is 12.0. The van der Waals surface area contributed by atoms with Crippen LogP contribution in [0.25, 0.3) is 33.3 Å². The maximum atomic E-state index is 10.5. The van der Waals surface area contributed by atoms with Gasteiger partial charge in [-0.1, -0.05) is 53.9 Å². The molecule has 0 unspecified atom stereocenters. The Morgan fingerprint density at radius 3 is 2.42 bits per heavy atom. The monoisotopic (exact) mass is 573 g/mol. The molecule has 40 heavy (non-hydrogen) atoms. The van der Waals surface area contributed by atoms with E-state index in [2.05, 4.69) is 21.1 Å². The first-order chi connectivity index (χ1) is 19.6. The van der Waals surface area contributed by atoms with E-state index in [1.54, 1.807) is 12.4 Å². The van der Waals surface area contributed by atoms with Crippen LogP contribution in [0.4, 0.5) is 0 Å². The number of imidazole rings is 1. The maximum Gasteiger partial charge on any atom is 0.199 e. The Balaban J connectivity index is 1.04. The van der Waals surface area contributed by atoms with Crippen LogP contribution in [0.15, 0.2) is 73.2 Å². The lowest BCUT2D eigenvalue weighted by atomic mass is 9.96. The number of nitrogens with one attached hydrogen (secondary N) is 1. The normalized spacial score (nSPS) is 14.8. The lowest BCUT2D eigenvalue weighted by Crippen LogP contribution is -2.34. The van der Waals surface area contributed by atoms with Gasteiger partial charge in [0.2, 0.25) is 0 Å². The fourth-order valence-electron chi connectivity index (χ4n) is 5.76. The van der Waals surface area contributed by atoms with Crippen molar-refractivity contribution >= 4 is 34.0 Å². The summed E-state index contributed by atoms with van der Waals surface area (Å²) in [4.78, 5) is 15.5. The molecule has 1 aliphatic heterocycles. The van der Waals surface area contributed by atoms with Crippen LogP contribution >= 0.6 is 23.2 Å². The average molecular weight is 575 g/mol. The number of pyridine rings is 1. The number of benzene rings is 2. The lowest BCUT2D eigenvalue weighted by molar-refractivity contribution is 0.205. The van der Waals surface area contributed by atoms with Gasteiger partial charge in [0.15, 0.2) is 5.88 Å². The molecule has 5 aromatic rings. The van der Waals surface area contributed by atoms with Gasteiger partial charge in [0.05, 0.1) is 21.4 Å². The summed E-state index contributed by atoms with van der Waals surface area (Å²) in [6.07, 6.45) is 11.2. The number of unbranched alkanes of at least 4 members (excludes halogenated alkanes) is 2. The number of hydrogen-bond acceptors (Lipinski definition) is 4. The fourth-order valence-corrected chi connectivity index (χ4v) is 6.05. The van der Waals surface area contributed by atoms with Crippen LogP contribution in [-0.2, 0) is 6.54 Å². The van der Waals surface area contributed by atoms with Crippen molar-refractivity contribution in [3.63, 3.8) is 0 Å². The number of hydrogen-bond donors (Lipinski definition) is 2. The number of fused-ring (bicyclic) bond motifs is 1. The molecule has 1 aliphatic rings. The number of aromatic amines is 1. The molecule has 0 aliphatic carbocycles. The van der Waals surface area contributed by atoms with Crippen molar-refractivity contribution in [2.45, 2.75) is 44.6 Å². The zero-order valence-electron chi connectivity index (χ0n) is 22.4. The fraction of sp³-hybridized carbons (Fsp3) is 0.312. The first kappa shape index (κ1) is 26.9. The molecule has 3 aromatic heterocycles. The minimum atomic E-state index is 0.380. The van der Waals surface area contributed by atoms with Gasteiger partial charge in [-0.25, -0.2) is 4.98 Å². The van der Waals surface area contributed by atoms with Gasteiger partial charge in [-0.05, 0) is 75.6 Å². The van der Waals surface area contributed by atoms with Crippen molar-refractivity contribution in [1.29, 1.82) is 0 Å². The maximum absolute atomic E-state index is 10.5. The molecule has 4 heterocycles. The second-order valence-corrected chi connectivity index (χ2v) is 11.4. The van der Waals surface area contributed by atoms with Gasteiger partial charge in [-0.15, -0.1) is 0 Å². The van der Waals surface area contributed by atoms with E-state index >= 15 is 0 Å². The number of piperidine rings is 1. The van der Waals surface area contributed by atoms with E-state index in [4.69, 9.17) is 28.2 Å². The quantitative estimate of drug-likeness (QED) is 0.174. The number of rotatable bonds is 9. The Morgan fingerprint density at radius 2 is 1.65 bits per heavy atom. The van der Waals surface area contributed by atoms with Crippen LogP contribution in [0.2, 0.25) is 10.0 Å². The first-order valence-electron chi connectivity index (χ1n) is 14.0. The van der Waals surface area contributed by atoms with Crippen molar-refractivity contribution in [2.75, 3.05) is 19.6 Å². The summed E-state index contributed by atoms with van der Waals surface area (Å²) in [6, 6.07) is 17.7. The predicted molar refractivity (Wildman–Crippen MR) is 163 cm³/mol. The van der Waals surface area contributed by atoms with Crippen molar-refractivity contribution < 1.29 is 5.11 Å². The zero-order chi connectivity index (χ0) is 27.5. The molecule has 206 valence electrons. The van der Waals surface area contributed by atoms with E-state index in [0.717, 1.165) is 91.0 Å². The first-order valence-corrected chi connectivity index (χ1v) is 14.8. The van der Waals surface area contributed by atoms with E-state index in [0.29, 0.717) is 21.8 Å². The summed E-state index contributed by atoms with van der Waals surface area (Å²) in [5, 5.41) is 13.6. The molecule has 8 heteroatoms. The summed E-state index contributed by atoms with van der Waals surface area (Å²) < 4.78 is 1.98. The van der Waals surface area contributed by atoms with Crippen LogP contribution in [0, 0.1) is 0 Å². The van der Waals surface area contributed by atoms with Crippen LogP contribution in [0.3, 0.4) is 0 Å². The number of H-pyrrole nitrogens is 1. The van der Waals surface area contributed by atoms with Crippen molar-refractivity contribution in [3.05, 3.63) is 89.1 Å². The Bertz CT molecular complexity index is 1590. The third kappa shape index (κ3) is 5.75. The highest BCUT2D eigenvalue weighted by atomic mass is 35.5. The minimum absolute atomic E-state index is 0.380.